The molecule has 0 saturated carbocycles. The molecule has 5 rings (SSSR count). The summed E-state index contributed by atoms with van der Waals surface area (Å²) >= 11 is 0. The Bertz CT molecular complexity index is 798. The van der Waals surface area contributed by atoms with Gasteiger partial charge in [0.25, 0.3) is 0 Å². The van der Waals surface area contributed by atoms with Crippen LogP contribution in [0.15, 0.2) is 30.3 Å². The highest BCUT2D eigenvalue weighted by Crippen LogP contribution is 2.51. The summed E-state index contributed by atoms with van der Waals surface area (Å²) in [5.74, 6) is 0.0114. The highest BCUT2D eigenvalue weighted by Gasteiger charge is 2.65. The summed E-state index contributed by atoms with van der Waals surface area (Å²) in [7, 11) is 0. The molecule has 142 valence electrons. The topological polar surface area (TPSA) is 70.2 Å². The molecule has 0 aromatic heterocycles. The van der Waals surface area contributed by atoms with Crippen LogP contribution >= 0.6 is 0 Å². The molecule has 7 nitrogen and oxygen atoms in total. The zero-order chi connectivity index (χ0) is 18.6. The zero-order valence-electron chi connectivity index (χ0n) is 15.2. The van der Waals surface area contributed by atoms with Gasteiger partial charge in [-0.25, -0.2) is 0 Å². The Hall–Kier alpha value is -2.41. The maximum Gasteiger partial charge on any atom is 0.242 e. The molecule has 4 aliphatic heterocycles. The van der Waals surface area contributed by atoms with E-state index in [9.17, 15) is 14.4 Å². The first kappa shape index (κ1) is 16.7. The van der Waals surface area contributed by atoms with E-state index in [0.717, 1.165) is 12.0 Å². The second-order valence-corrected chi connectivity index (χ2v) is 7.82. The normalized spacial score (nSPS) is 32.4. The van der Waals surface area contributed by atoms with E-state index >= 15 is 0 Å². The van der Waals surface area contributed by atoms with Gasteiger partial charge in [0.2, 0.25) is 17.7 Å². The summed E-state index contributed by atoms with van der Waals surface area (Å²) in [6.07, 6.45) is 2.26. The van der Waals surface area contributed by atoms with Crippen molar-refractivity contribution in [2.45, 2.75) is 43.5 Å². The molecule has 1 spiro atoms. The Morgan fingerprint density at radius 3 is 2.70 bits per heavy atom. The average molecular weight is 369 g/mol. The lowest BCUT2D eigenvalue weighted by Gasteiger charge is -2.33. The fourth-order valence-electron chi connectivity index (χ4n) is 5.19. The number of amides is 3. The number of benzene rings is 1. The number of likely N-dealkylation sites (tertiary alicyclic amines) is 2. The van der Waals surface area contributed by atoms with Crippen LogP contribution in [0.25, 0.3) is 0 Å². The third-order valence-electron chi connectivity index (χ3n) is 6.46. The highest BCUT2D eigenvalue weighted by atomic mass is 16.5. The molecule has 4 fully saturated rings. The van der Waals surface area contributed by atoms with Gasteiger partial charge in [-0.3, -0.25) is 14.4 Å². The van der Waals surface area contributed by atoms with Gasteiger partial charge in [0, 0.05) is 25.9 Å². The van der Waals surface area contributed by atoms with E-state index < -0.39 is 5.72 Å². The van der Waals surface area contributed by atoms with Crippen LogP contribution < -0.4 is 0 Å². The van der Waals surface area contributed by atoms with Gasteiger partial charge in [-0.05, 0) is 12.0 Å². The van der Waals surface area contributed by atoms with Crippen molar-refractivity contribution in [3.05, 3.63) is 35.9 Å². The maximum absolute atomic E-state index is 12.9. The summed E-state index contributed by atoms with van der Waals surface area (Å²) in [4.78, 5) is 42.9. The Morgan fingerprint density at radius 2 is 1.96 bits per heavy atom. The summed E-state index contributed by atoms with van der Waals surface area (Å²) in [5.41, 5.74) is 0.359. The molecule has 0 bridgehead atoms. The average Bonchev–Trinajstić information content (AvgIpc) is 3.39. The van der Waals surface area contributed by atoms with Crippen LogP contribution in [0, 0.1) is 0 Å². The molecule has 7 heteroatoms. The molecule has 4 saturated heterocycles. The Morgan fingerprint density at radius 1 is 1.15 bits per heavy atom. The second-order valence-electron chi connectivity index (χ2n) is 7.82. The van der Waals surface area contributed by atoms with Gasteiger partial charge in [-0.1, -0.05) is 30.3 Å². The summed E-state index contributed by atoms with van der Waals surface area (Å²) in [6.45, 7) is 1.78. The van der Waals surface area contributed by atoms with Gasteiger partial charge in [0.1, 0.15) is 0 Å². The lowest BCUT2D eigenvalue weighted by atomic mass is 10.0. The number of rotatable bonds is 3. The third kappa shape index (κ3) is 2.41. The van der Waals surface area contributed by atoms with Crippen molar-refractivity contribution in [1.82, 2.24) is 14.7 Å². The van der Waals surface area contributed by atoms with Crippen molar-refractivity contribution in [1.29, 1.82) is 0 Å². The van der Waals surface area contributed by atoms with Crippen LogP contribution in [0.5, 0.6) is 0 Å². The van der Waals surface area contributed by atoms with Crippen molar-refractivity contribution in [3.8, 4) is 0 Å². The van der Waals surface area contributed by atoms with Gasteiger partial charge in [0.15, 0.2) is 5.72 Å². The number of carbonyl (C=O) groups is 3. The minimum Gasteiger partial charge on any atom is -0.351 e. The molecule has 4 aliphatic rings. The van der Waals surface area contributed by atoms with E-state index in [1.807, 2.05) is 35.2 Å². The molecular formula is C20H23N3O4. The minimum atomic E-state index is -0.706. The molecule has 0 aliphatic carbocycles. The smallest absolute Gasteiger partial charge is 0.242 e. The van der Waals surface area contributed by atoms with Gasteiger partial charge in [-0.15, -0.1) is 0 Å². The van der Waals surface area contributed by atoms with E-state index in [2.05, 4.69) is 0 Å². The Balaban J connectivity index is 1.37. The number of nitrogens with zero attached hydrogens (tertiary/aromatic N) is 3. The van der Waals surface area contributed by atoms with Crippen LogP contribution in [-0.2, 0) is 19.1 Å². The Labute approximate surface area is 157 Å². The van der Waals surface area contributed by atoms with Crippen LogP contribution in [0.3, 0.4) is 0 Å². The maximum atomic E-state index is 12.9. The fourth-order valence-corrected chi connectivity index (χ4v) is 5.19. The van der Waals surface area contributed by atoms with E-state index in [0.29, 0.717) is 39.0 Å². The van der Waals surface area contributed by atoms with Crippen LogP contribution in [0.4, 0.5) is 0 Å². The minimum absolute atomic E-state index is 0.0427. The second kappa shape index (κ2) is 6.05. The third-order valence-corrected chi connectivity index (χ3v) is 6.46. The molecule has 1 aromatic carbocycles. The molecule has 3 amide bonds. The van der Waals surface area contributed by atoms with Crippen molar-refractivity contribution < 1.29 is 19.1 Å². The predicted octanol–water partition coefficient (Wildman–Crippen LogP) is 0.910. The predicted molar refractivity (Wildman–Crippen MR) is 95.3 cm³/mol. The number of ether oxygens (including phenoxy) is 1. The lowest BCUT2D eigenvalue weighted by Crippen LogP contribution is -2.50. The van der Waals surface area contributed by atoms with Gasteiger partial charge in [-0.2, -0.15) is 0 Å². The summed E-state index contributed by atoms with van der Waals surface area (Å²) < 4.78 is 6.23. The highest BCUT2D eigenvalue weighted by molar-refractivity contribution is 5.88. The van der Waals surface area contributed by atoms with Crippen LogP contribution in [0.1, 0.15) is 37.3 Å². The SMILES string of the molecule is O=C1CCCN1CC(=O)N1CC[C@@]23OC[C@@H](c4ccccc4)N2C(=O)C[C@@H]13. The summed E-state index contributed by atoms with van der Waals surface area (Å²) in [6, 6.07) is 9.57. The largest absolute Gasteiger partial charge is 0.351 e. The number of carbonyl (C=O) groups excluding carboxylic acids is 3. The molecule has 0 N–H and O–H groups in total. The molecule has 27 heavy (non-hydrogen) atoms. The van der Waals surface area contributed by atoms with Gasteiger partial charge in [0.05, 0.1) is 31.7 Å². The molecule has 4 heterocycles. The van der Waals surface area contributed by atoms with E-state index in [4.69, 9.17) is 4.74 Å². The first-order valence-corrected chi connectivity index (χ1v) is 9.68. The van der Waals surface area contributed by atoms with E-state index in [1.54, 1.807) is 9.80 Å². The molecule has 0 unspecified atom stereocenters. The first-order chi connectivity index (χ1) is 13.1. The van der Waals surface area contributed by atoms with Crippen LogP contribution in [-0.4, -0.2) is 70.4 Å². The van der Waals surface area contributed by atoms with Gasteiger partial charge >= 0.3 is 0 Å². The van der Waals surface area contributed by atoms with Crippen molar-refractivity contribution in [2.75, 3.05) is 26.2 Å². The van der Waals surface area contributed by atoms with Crippen LogP contribution in [0.2, 0.25) is 0 Å². The fraction of sp³-hybridized carbons (Fsp3) is 0.550. The van der Waals surface area contributed by atoms with Crippen molar-refractivity contribution >= 4 is 17.7 Å². The molecular weight excluding hydrogens is 346 g/mol. The zero-order valence-corrected chi connectivity index (χ0v) is 15.2. The van der Waals surface area contributed by atoms with Crippen molar-refractivity contribution in [2.24, 2.45) is 0 Å². The standard InChI is InChI=1S/C20H23N3O4/c24-17-7-4-9-21(17)12-19(26)22-10-8-20-16(22)11-18(25)23(20)15(13-27-20)14-5-2-1-3-6-14/h1-3,5-6,15-16H,4,7-13H2/t15-,16+,20-/m0/s1. The quantitative estimate of drug-likeness (QED) is 0.794. The number of hydrogen-bond acceptors (Lipinski definition) is 4. The Kier molecular flexibility index (Phi) is 3.75. The van der Waals surface area contributed by atoms with E-state index in [-0.39, 0.29) is 36.3 Å². The monoisotopic (exact) mass is 369 g/mol. The number of hydrogen-bond donors (Lipinski definition) is 0. The lowest BCUT2D eigenvalue weighted by molar-refractivity contribution is -0.143. The van der Waals surface area contributed by atoms with Crippen molar-refractivity contribution in [3.63, 3.8) is 0 Å². The van der Waals surface area contributed by atoms with E-state index in [1.165, 1.54) is 0 Å². The molecule has 3 atom stereocenters. The van der Waals surface area contributed by atoms with Gasteiger partial charge < -0.3 is 19.4 Å². The molecule has 0 radical (unpaired) electrons. The molecule has 1 aromatic rings. The first-order valence-electron chi connectivity index (χ1n) is 9.68. The summed E-state index contributed by atoms with van der Waals surface area (Å²) in [5, 5.41) is 0.